The molecule has 0 saturated heterocycles. The van der Waals surface area contributed by atoms with Crippen molar-refractivity contribution in [2.45, 2.75) is 26.4 Å². The Morgan fingerprint density at radius 1 is 1.16 bits per heavy atom. The summed E-state index contributed by atoms with van der Waals surface area (Å²) >= 11 is 0. The zero-order valence-corrected chi connectivity index (χ0v) is 14.0. The van der Waals surface area contributed by atoms with Gasteiger partial charge in [-0.05, 0) is 55.8 Å². The van der Waals surface area contributed by atoms with Crippen LogP contribution in [0.4, 0.5) is 5.69 Å². The number of anilines is 1. The number of amides is 1. The number of carbonyl (C=O) groups is 2. The highest BCUT2D eigenvalue weighted by atomic mass is 16.5. The van der Waals surface area contributed by atoms with Crippen molar-refractivity contribution < 1.29 is 24.2 Å². The minimum atomic E-state index is -1.07. The molecule has 0 aromatic heterocycles. The summed E-state index contributed by atoms with van der Waals surface area (Å²) in [5.74, 6) is -0.168. The van der Waals surface area contributed by atoms with E-state index < -0.39 is 5.97 Å². The third-order valence-corrected chi connectivity index (χ3v) is 3.79. The lowest BCUT2D eigenvalue weighted by molar-refractivity contribution is 0.0696. The summed E-state index contributed by atoms with van der Waals surface area (Å²) in [6.45, 7) is 4.34. The summed E-state index contributed by atoms with van der Waals surface area (Å²) in [6.07, 6.45) is 0.663. The van der Waals surface area contributed by atoms with E-state index in [4.69, 9.17) is 9.47 Å². The van der Waals surface area contributed by atoms with Crippen LogP contribution in [0.5, 0.6) is 11.5 Å². The molecule has 6 nitrogen and oxygen atoms in total. The van der Waals surface area contributed by atoms with E-state index in [0.717, 1.165) is 17.7 Å². The first-order valence-corrected chi connectivity index (χ1v) is 8.05. The molecule has 0 radical (unpaired) electrons. The lowest BCUT2D eigenvalue weighted by atomic mass is 10.1. The number of fused-ring (bicyclic) bond motifs is 1. The number of nitrogens with one attached hydrogen (secondary N) is 1. The van der Waals surface area contributed by atoms with Crippen LogP contribution >= 0.6 is 0 Å². The first kappa shape index (κ1) is 16.8. The molecule has 2 aromatic carbocycles. The van der Waals surface area contributed by atoms with Gasteiger partial charge in [-0.25, -0.2) is 4.79 Å². The average Bonchev–Trinajstić information content (AvgIpc) is 3.03. The second kappa shape index (κ2) is 6.84. The van der Waals surface area contributed by atoms with Crippen LogP contribution in [-0.4, -0.2) is 29.7 Å². The third-order valence-electron chi connectivity index (χ3n) is 3.79. The fourth-order valence-corrected chi connectivity index (χ4v) is 2.64. The maximum absolute atomic E-state index is 12.6. The van der Waals surface area contributed by atoms with Gasteiger partial charge in [-0.1, -0.05) is 0 Å². The van der Waals surface area contributed by atoms with E-state index in [1.54, 1.807) is 24.3 Å². The van der Waals surface area contributed by atoms with Crippen molar-refractivity contribution in [2.24, 2.45) is 0 Å². The lowest BCUT2D eigenvalue weighted by Crippen LogP contribution is -2.15. The monoisotopic (exact) mass is 341 g/mol. The molecule has 3 rings (SSSR count). The van der Waals surface area contributed by atoms with E-state index in [9.17, 15) is 14.7 Å². The molecular weight excluding hydrogens is 322 g/mol. The molecule has 0 saturated carbocycles. The van der Waals surface area contributed by atoms with Crippen LogP contribution in [0.1, 0.15) is 40.1 Å². The van der Waals surface area contributed by atoms with Gasteiger partial charge in [-0.3, -0.25) is 4.79 Å². The molecule has 1 amide bonds. The maximum Gasteiger partial charge on any atom is 0.335 e. The fraction of sp³-hybridized carbons (Fsp3) is 0.263. The Balaban J connectivity index is 1.88. The van der Waals surface area contributed by atoms with E-state index in [2.05, 4.69) is 5.32 Å². The number of aromatic carboxylic acids is 1. The van der Waals surface area contributed by atoms with Crippen molar-refractivity contribution in [3.63, 3.8) is 0 Å². The molecule has 0 aliphatic carbocycles. The molecule has 1 aliphatic rings. The van der Waals surface area contributed by atoms with Gasteiger partial charge < -0.3 is 19.9 Å². The summed E-state index contributed by atoms with van der Waals surface area (Å²) in [5, 5.41) is 11.9. The van der Waals surface area contributed by atoms with Crippen LogP contribution < -0.4 is 14.8 Å². The molecule has 1 heterocycles. The molecule has 25 heavy (non-hydrogen) atoms. The highest BCUT2D eigenvalue weighted by molar-refractivity contribution is 6.06. The van der Waals surface area contributed by atoms with Crippen LogP contribution in [0, 0.1) is 0 Å². The largest absolute Gasteiger partial charge is 0.493 e. The Morgan fingerprint density at radius 3 is 2.64 bits per heavy atom. The number of rotatable bonds is 5. The van der Waals surface area contributed by atoms with Gasteiger partial charge >= 0.3 is 5.97 Å². The standard InChI is InChI=1S/C19H19NO5/c1-11(2)25-17-6-4-14(19(22)23)10-15(17)20-18(21)13-3-5-16-12(9-13)7-8-24-16/h3-6,9-11H,7-8H2,1-2H3,(H,20,21)(H,22,23). The topological polar surface area (TPSA) is 84.9 Å². The Hall–Kier alpha value is -3.02. The highest BCUT2D eigenvalue weighted by Gasteiger charge is 2.17. The number of hydrogen-bond acceptors (Lipinski definition) is 4. The van der Waals surface area contributed by atoms with Gasteiger partial charge in [0.1, 0.15) is 11.5 Å². The molecule has 6 heteroatoms. The van der Waals surface area contributed by atoms with E-state index in [1.165, 1.54) is 12.1 Å². The second-order valence-corrected chi connectivity index (χ2v) is 6.06. The zero-order chi connectivity index (χ0) is 18.0. The van der Waals surface area contributed by atoms with Gasteiger partial charge in [0.25, 0.3) is 5.91 Å². The molecule has 130 valence electrons. The number of carboxylic acid groups (broad SMARTS) is 1. The van der Waals surface area contributed by atoms with Crippen LogP contribution in [-0.2, 0) is 6.42 Å². The van der Waals surface area contributed by atoms with E-state index >= 15 is 0 Å². The molecule has 0 fully saturated rings. The number of ether oxygens (including phenoxy) is 2. The van der Waals surface area contributed by atoms with Gasteiger partial charge in [-0.2, -0.15) is 0 Å². The van der Waals surface area contributed by atoms with E-state index in [1.807, 2.05) is 13.8 Å². The minimum absolute atomic E-state index is 0.0776. The second-order valence-electron chi connectivity index (χ2n) is 6.06. The number of benzene rings is 2. The lowest BCUT2D eigenvalue weighted by Gasteiger charge is -2.16. The van der Waals surface area contributed by atoms with Gasteiger partial charge in [-0.15, -0.1) is 0 Å². The molecule has 1 aliphatic heterocycles. The normalized spacial score (nSPS) is 12.4. The number of hydrogen-bond donors (Lipinski definition) is 2. The van der Waals surface area contributed by atoms with Crippen molar-refractivity contribution in [1.29, 1.82) is 0 Å². The average molecular weight is 341 g/mol. The summed E-state index contributed by atoms with van der Waals surface area (Å²) in [5.41, 5.74) is 1.88. The Kier molecular flexibility index (Phi) is 4.61. The van der Waals surface area contributed by atoms with Gasteiger partial charge in [0, 0.05) is 12.0 Å². The molecule has 0 bridgehead atoms. The summed E-state index contributed by atoms with van der Waals surface area (Å²) in [6, 6.07) is 9.65. The number of carbonyl (C=O) groups excluding carboxylic acids is 1. The van der Waals surface area contributed by atoms with Gasteiger partial charge in [0.15, 0.2) is 0 Å². The summed E-state index contributed by atoms with van der Waals surface area (Å²) in [7, 11) is 0. The summed E-state index contributed by atoms with van der Waals surface area (Å²) in [4.78, 5) is 23.8. The minimum Gasteiger partial charge on any atom is -0.493 e. The van der Waals surface area contributed by atoms with Crippen LogP contribution in [0.2, 0.25) is 0 Å². The Bertz CT molecular complexity index is 829. The fourth-order valence-electron chi connectivity index (χ4n) is 2.64. The van der Waals surface area contributed by atoms with Crippen molar-refractivity contribution >= 4 is 17.6 Å². The first-order chi connectivity index (χ1) is 11.9. The van der Waals surface area contributed by atoms with Crippen molar-refractivity contribution in [2.75, 3.05) is 11.9 Å². The number of carboxylic acids is 1. The molecule has 2 aromatic rings. The van der Waals surface area contributed by atoms with E-state index in [0.29, 0.717) is 23.6 Å². The van der Waals surface area contributed by atoms with Gasteiger partial charge in [0.2, 0.25) is 0 Å². The first-order valence-electron chi connectivity index (χ1n) is 8.05. The van der Waals surface area contributed by atoms with Crippen molar-refractivity contribution in [3.05, 3.63) is 53.1 Å². The van der Waals surface area contributed by atoms with Crippen LogP contribution in [0.25, 0.3) is 0 Å². The molecule has 2 N–H and O–H groups in total. The predicted molar refractivity (Wildman–Crippen MR) is 92.8 cm³/mol. The predicted octanol–water partition coefficient (Wildman–Crippen LogP) is 3.36. The Labute approximate surface area is 145 Å². The molecule has 0 unspecified atom stereocenters. The van der Waals surface area contributed by atoms with Crippen molar-refractivity contribution in [1.82, 2.24) is 0 Å². The van der Waals surface area contributed by atoms with Gasteiger partial charge in [0.05, 0.1) is 24.0 Å². The smallest absolute Gasteiger partial charge is 0.335 e. The van der Waals surface area contributed by atoms with Crippen molar-refractivity contribution in [3.8, 4) is 11.5 Å². The van der Waals surface area contributed by atoms with E-state index in [-0.39, 0.29) is 17.6 Å². The quantitative estimate of drug-likeness (QED) is 0.871. The molecular formula is C19H19NO5. The Morgan fingerprint density at radius 2 is 1.92 bits per heavy atom. The highest BCUT2D eigenvalue weighted by Crippen LogP contribution is 2.29. The molecule has 0 atom stereocenters. The van der Waals surface area contributed by atoms with Crippen LogP contribution in [0.3, 0.4) is 0 Å². The zero-order valence-electron chi connectivity index (χ0n) is 14.0. The third kappa shape index (κ3) is 3.74. The van der Waals surface area contributed by atoms with Crippen LogP contribution in [0.15, 0.2) is 36.4 Å². The SMILES string of the molecule is CC(C)Oc1ccc(C(=O)O)cc1NC(=O)c1ccc2c(c1)CCO2. The summed E-state index contributed by atoms with van der Waals surface area (Å²) < 4.78 is 11.1. The molecule has 0 spiro atoms. The maximum atomic E-state index is 12.6.